The van der Waals surface area contributed by atoms with E-state index in [1.54, 1.807) is 41.1 Å². The van der Waals surface area contributed by atoms with Gasteiger partial charge in [-0.3, -0.25) is 0 Å². The second kappa shape index (κ2) is 6.35. The molecule has 6 nitrogen and oxygen atoms in total. The van der Waals surface area contributed by atoms with E-state index in [9.17, 15) is 0 Å². The number of furan rings is 1. The van der Waals surface area contributed by atoms with Gasteiger partial charge in [-0.25, -0.2) is 9.97 Å². The van der Waals surface area contributed by atoms with E-state index >= 15 is 0 Å². The summed E-state index contributed by atoms with van der Waals surface area (Å²) in [5.74, 6) is 1.61. The van der Waals surface area contributed by atoms with Gasteiger partial charge in [0.05, 0.1) is 11.6 Å². The molecule has 0 aliphatic carbocycles. The van der Waals surface area contributed by atoms with Crippen LogP contribution in [0.5, 0.6) is 0 Å². The number of thiophene rings is 2. The van der Waals surface area contributed by atoms with Gasteiger partial charge >= 0.3 is 0 Å². The maximum atomic E-state index is 5.72. The average molecular weight is 398 g/mol. The summed E-state index contributed by atoms with van der Waals surface area (Å²) in [5, 5.41) is 14.6. The van der Waals surface area contributed by atoms with Crippen molar-refractivity contribution in [3.05, 3.63) is 47.1 Å². The van der Waals surface area contributed by atoms with Crippen molar-refractivity contribution in [2.45, 2.75) is 17.2 Å². The minimum Gasteiger partial charge on any atom is -0.459 e. The molecular weight excluding hydrogens is 388 g/mol. The highest BCUT2D eigenvalue weighted by Gasteiger charge is 2.19. The molecule has 0 N–H and O–H groups in total. The summed E-state index contributed by atoms with van der Waals surface area (Å²) in [6, 6.07) is 7.70. The van der Waals surface area contributed by atoms with Crippen LogP contribution in [0.25, 0.3) is 32.3 Å². The lowest BCUT2D eigenvalue weighted by Crippen LogP contribution is -1.91. The van der Waals surface area contributed by atoms with Crippen LogP contribution in [0.4, 0.5) is 0 Å². The van der Waals surface area contributed by atoms with Gasteiger partial charge in [0.15, 0.2) is 5.76 Å². The highest BCUT2D eigenvalue weighted by atomic mass is 32.2. The quantitative estimate of drug-likeness (QED) is 0.369. The number of nitrogens with zero attached hydrogens (tertiary/aromatic N) is 4. The zero-order valence-electron chi connectivity index (χ0n) is 13.4. The summed E-state index contributed by atoms with van der Waals surface area (Å²) in [7, 11) is 0. The SMILES string of the molecule is Cc1nc(Sc2nnc(-c3ccco3)o2)c2c(-c3cccs3)csc2n1. The van der Waals surface area contributed by atoms with Gasteiger partial charge in [0.25, 0.3) is 11.1 Å². The first-order chi connectivity index (χ1) is 12.8. The zero-order chi connectivity index (χ0) is 17.5. The molecule has 5 aromatic rings. The molecule has 0 saturated heterocycles. The number of fused-ring (bicyclic) bond motifs is 1. The van der Waals surface area contributed by atoms with Crippen molar-refractivity contribution in [3.8, 4) is 22.1 Å². The van der Waals surface area contributed by atoms with E-state index in [0.717, 1.165) is 20.8 Å². The molecule has 0 aromatic carbocycles. The Bertz CT molecular complexity index is 1180. The first kappa shape index (κ1) is 15.7. The second-order valence-corrected chi connectivity index (χ2v) is 8.08. The largest absolute Gasteiger partial charge is 0.459 e. The van der Waals surface area contributed by atoms with Gasteiger partial charge < -0.3 is 8.83 Å². The second-order valence-electron chi connectivity index (χ2n) is 5.34. The summed E-state index contributed by atoms with van der Waals surface area (Å²) in [4.78, 5) is 11.3. The Morgan fingerprint density at radius 2 is 2.04 bits per heavy atom. The van der Waals surface area contributed by atoms with Crippen LogP contribution in [0.1, 0.15) is 5.82 Å². The van der Waals surface area contributed by atoms with Gasteiger partial charge in [-0.2, -0.15) is 0 Å². The maximum absolute atomic E-state index is 5.72. The molecule has 5 heterocycles. The van der Waals surface area contributed by atoms with E-state index in [2.05, 4.69) is 37.0 Å². The molecular formula is C17H10N4O2S3. The standard InChI is InChI=1S/C17H10N4O2S3/c1-9-18-15-13(10(8-25-15)12-5-3-7-24-12)16(19-9)26-17-21-20-14(23-17)11-4-2-6-22-11/h2-8H,1H3. The average Bonchev–Trinajstić information content (AvgIpc) is 3.40. The number of aromatic nitrogens is 4. The molecule has 0 unspecified atom stereocenters. The van der Waals surface area contributed by atoms with Gasteiger partial charge in [-0.1, -0.05) is 6.07 Å². The molecule has 0 atom stereocenters. The third-order valence-corrected chi connectivity index (χ3v) is 6.22. The Morgan fingerprint density at radius 1 is 1.08 bits per heavy atom. The lowest BCUT2D eigenvalue weighted by atomic mass is 10.2. The predicted octanol–water partition coefficient (Wildman–Crippen LogP) is 5.52. The molecule has 0 aliphatic heterocycles. The third-order valence-electron chi connectivity index (χ3n) is 3.62. The normalized spacial score (nSPS) is 11.4. The summed E-state index contributed by atoms with van der Waals surface area (Å²) < 4.78 is 11.0. The molecule has 0 radical (unpaired) electrons. The van der Waals surface area contributed by atoms with Gasteiger partial charge in [0.2, 0.25) is 0 Å². The van der Waals surface area contributed by atoms with E-state index in [0.29, 0.717) is 22.7 Å². The van der Waals surface area contributed by atoms with Crippen molar-refractivity contribution in [1.29, 1.82) is 0 Å². The topological polar surface area (TPSA) is 77.8 Å². The van der Waals surface area contributed by atoms with Gasteiger partial charge in [0.1, 0.15) is 15.7 Å². The fourth-order valence-corrected chi connectivity index (χ4v) is 5.26. The minimum absolute atomic E-state index is 0.350. The van der Waals surface area contributed by atoms with Gasteiger partial charge in [-0.15, -0.1) is 32.9 Å². The van der Waals surface area contributed by atoms with Gasteiger partial charge in [-0.05, 0) is 42.3 Å². The Labute approximate surface area is 159 Å². The van der Waals surface area contributed by atoms with Crippen molar-refractivity contribution in [2.75, 3.05) is 0 Å². The molecule has 26 heavy (non-hydrogen) atoms. The van der Waals surface area contributed by atoms with Crippen LogP contribution in [0.2, 0.25) is 0 Å². The van der Waals surface area contributed by atoms with E-state index < -0.39 is 0 Å². The Balaban J connectivity index is 1.59. The van der Waals surface area contributed by atoms with E-state index in [1.165, 1.54) is 16.6 Å². The van der Waals surface area contributed by atoms with Crippen molar-refractivity contribution < 1.29 is 8.83 Å². The Kier molecular flexibility index (Phi) is 3.84. The van der Waals surface area contributed by atoms with E-state index in [1.807, 2.05) is 13.0 Å². The van der Waals surface area contributed by atoms with Crippen LogP contribution in [-0.2, 0) is 0 Å². The summed E-state index contributed by atoms with van der Waals surface area (Å²) >= 11 is 4.65. The first-order valence-electron chi connectivity index (χ1n) is 7.63. The molecule has 0 saturated carbocycles. The molecule has 0 fully saturated rings. The molecule has 9 heteroatoms. The third kappa shape index (κ3) is 2.74. The van der Waals surface area contributed by atoms with Crippen LogP contribution in [0, 0.1) is 6.92 Å². The number of hydrogen-bond acceptors (Lipinski definition) is 9. The van der Waals surface area contributed by atoms with E-state index in [4.69, 9.17) is 8.83 Å². The molecule has 0 amide bonds. The number of rotatable bonds is 4. The lowest BCUT2D eigenvalue weighted by molar-refractivity contribution is 0.447. The lowest BCUT2D eigenvalue weighted by Gasteiger charge is -2.03. The van der Waals surface area contributed by atoms with Crippen molar-refractivity contribution in [2.24, 2.45) is 0 Å². The summed E-state index contributed by atoms with van der Waals surface area (Å²) in [6.45, 7) is 1.89. The molecule has 0 spiro atoms. The van der Waals surface area contributed by atoms with Crippen LogP contribution in [0.15, 0.2) is 60.4 Å². The highest BCUT2D eigenvalue weighted by Crippen LogP contribution is 2.41. The van der Waals surface area contributed by atoms with Crippen molar-refractivity contribution in [1.82, 2.24) is 20.2 Å². The van der Waals surface area contributed by atoms with Crippen LogP contribution < -0.4 is 0 Å². The van der Waals surface area contributed by atoms with Crippen LogP contribution in [-0.4, -0.2) is 20.2 Å². The maximum Gasteiger partial charge on any atom is 0.284 e. The highest BCUT2D eigenvalue weighted by molar-refractivity contribution is 7.99. The van der Waals surface area contributed by atoms with Crippen molar-refractivity contribution in [3.63, 3.8) is 0 Å². The van der Waals surface area contributed by atoms with E-state index in [-0.39, 0.29) is 0 Å². The van der Waals surface area contributed by atoms with Crippen molar-refractivity contribution >= 4 is 44.7 Å². The molecule has 0 aliphatic rings. The fraction of sp³-hybridized carbons (Fsp3) is 0.0588. The zero-order valence-corrected chi connectivity index (χ0v) is 15.8. The van der Waals surface area contributed by atoms with Crippen LogP contribution >= 0.6 is 34.4 Å². The first-order valence-corrected chi connectivity index (χ1v) is 10.2. The number of aryl methyl sites for hydroxylation is 1. The van der Waals surface area contributed by atoms with Gasteiger partial charge in [0, 0.05) is 15.8 Å². The Morgan fingerprint density at radius 3 is 2.85 bits per heavy atom. The molecule has 5 rings (SSSR count). The molecule has 128 valence electrons. The smallest absolute Gasteiger partial charge is 0.284 e. The summed E-state index contributed by atoms with van der Waals surface area (Å²) in [6.07, 6.45) is 1.57. The molecule has 5 aromatic heterocycles. The fourth-order valence-electron chi connectivity index (χ4n) is 2.53. The predicted molar refractivity (Wildman–Crippen MR) is 102 cm³/mol. The number of hydrogen-bond donors (Lipinski definition) is 0. The minimum atomic E-state index is 0.350. The van der Waals surface area contributed by atoms with Crippen LogP contribution in [0.3, 0.4) is 0 Å². The molecule has 0 bridgehead atoms. The monoisotopic (exact) mass is 398 g/mol. The summed E-state index contributed by atoms with van der Waals surface area (Å²) in [5.41, 5.74) is 1.13. The Hall–Kier alpha value is -2.49.